The molecule has 1 aromatic rings. The molecule has 0 spiro atoms. The Hall–Kier alpha value is -7.51. The number of phenols is 1. The number of benzene rings is 1. The first-order chi connectivity index (χ1) is 43.1. The van der Waals surface area contributed by atoms with Crippen LogP contribution in [-0.2, 0) is 73.5 Å². The summed E-state index contributed by atoms with van der Waals surface area (Å²) in [5, 5.41) is 85.9. The predicted molar refractivity (Wildman–Crippen MR) is 340 cm³/mol. The molecule has 0 unspecified atom stereocenters. The second-order valence-electron chi connectivity index (χ2n) is 22.6. The van der Waals surface area contributed by atoms with Gasteiger partial charge in [-0.1, -0.05) is 60.1 Å². The van der Waals surface area contributed by atoms with Crippen LogP contribution in [0, 0.1) is 17.8 Å². The molecule has 0 aliphatic rings. The fourth-order valence-electron chi connectivity index (χ4n) is 8.47. The summed E-state index contributed by atoms with van der Waals surface area (Å²) in [6.45, 7) is 8.84. The standard InChI is InChI=1S/C56H91N13O20S3/c1-8-27(6)43(68-51(83)38(21-71)65-55(87)44(28(7)72)69-53(85)40(24-92)66-45(77)31(57)22-90)54(86)67-39(23-91)52(84)64-37(20-70)50(82)62-35(18-26(4)5)48(80)63-36(19-29-9-11-30(73)12-10-29)49(81)59-32(13-15-41(58)74)46(78)61-34(17-25(2)3)47(79)60-33(56(88)89)14-16-42(75)76/h9-12,25-28,31-40,43-44,70-73,90-92H,8,13-24,57H2,1-7H3,(H2,58,74)(H,59,81)(H,60,79)(H,61,78)(H,62,82)(H,63,80)(H,64,84)(H,65,87)(H,66,77)(H,67,86)(H,68,83)(H,69,85)(H,75,76)(H,88,89)/t27-,28+,31-,32-,33-,34-,35-,36-,37-,38-,39-,40-,43-,44-/m0/s1. The number of carboxylic acids is 2. The highest BCUT2D eigenvalue weighted by molar-refractivity contribution is 7.80. The Labute approximate surface area is 548 Å². The van der Waals surface area contributed by atoms with Crippen LogP contribution in [0.15, 0.2) is 24.3 Å². The molecule has 36 heteroatoms. The Morgan fingerprint density at radius 1 is 0.457 bits per heavy atom. The van der Waals surface area contributed by atoms with Crippen LogP contribution in [0.5, 0.6) is 5.75 Å². The SMILES string of the molecule is CC[C@H](C)[C@H](NC(=O)[C@H](CO)NC(=O)[C@@H](NC(=O)[C@H](CS)NC(=O)[C@@H](N)CS)[C@@H](C)O)C(=O)N[C@@H](CS)C(=O)N[C@@H](CO)C(=O)N[C@@H](CC(C)C)C(=O)N[C@@H](Cc1ccc(O)cc1)C(=O)N[C@@H](CCC(N)=O)C(=O)N[C@@H](CC(C)C)C(=O)N[C@@H](CCC(=O)O)C(=O)O. The smallest absolute Gasteiger partial charge is 0.326 e. The van der Waals surface area contributed by atoms with Crippen molar-refractivity contribution in [3.8, 4) is 5.75 Å². The van der Waals surface area contributed by atoms with E-state index in [1.807, 2.05) is 0 Å². The van der Waals surface area contributed by atoms with Crippen LogP contribution in [0.2, 0.25) is 0 Å². The van der Waals surface area contributed by atoms with Crippen molar-refractivity contribution in [3.63, 3.8) is 0 Å². The van der Waals surface area contributed by atoms with Crippen molar-refractivity contribution in [2.24, 2.45) is 29.2 Å². The number of thiol groups is 3. The fraction of sp³-hybridized carbons (Fsp3) is 0.643. The van der Waals surface area contributed by atoms with Crippen LogP contribution < -0.4 is 70.0 Å². The van der Waals surface area contributed by atoms with Crippen molar-refractivity contribution in [1.82, 2.24) is 58.5 Å². The number of aliphatic hydroxyl groups is 3. The van der Waals surface area contributed by atoms with Gasteiger partial charge < -0.3 is 101 Å². The minimum atomic E-state index is -1.83. The molecule has 0 fully saturated rings. The molecule has 0 aromatic heterocycles. The van der Waals surface area contributed by atoms with Crippen LogP contribution in [0.1, 0.15) is 99.0 Å². The maximum Gasteiger partial charge on any atom is 0.326 e. The largest absolute Gasteiger partial charge is 0.508 e. The highest BCUT2D eigenvalue weighted by atomic mass is 32.1. The van der Waals surface area contributed by atoms with Gasteiger partial charge in [0.25, 0.3) is 0 Å². The number of amides is 12. The van der Waals surface area contributed by atoms with Crippen LogP contribution in [0.3, 0.4) is 0 Å². The molecule has 21 N–H and O–H groups in total. The van der Waals surface area contributed by atoms with Crippen LogP contribution in [-0.4, -0.2) is 223 Å². The predicted octanol–water partition coefficient (Wildman–Crippen LogP) is -5.90. The summed E-state index contributed by atoms with van der Waals surface area (Å²) in [4.78, 5) is 186. The Bertz CT molecular complexity index is 2700. The summed E-state index contributed by atoms with van der Waals surface area (Å²) < 4.78 is 0. The molecule has 0 aliphatic carbocycles. The zero-order valence-corrected chi connectivity index (χ0v) is 54.8. The third-order valence-electron chi connectivity index (χ3n) is 13.9. The minimum Gasteiger partial charge on any atom is -0.508 e. The monoisotopic (exact) mass is 1360 g/mol. The van der Waals surface area contributed by atoms with Crippen LogP contribution >= 0.6 is 37.9 Å². The average molecular weight is 1360 g/mol. The number of carboxylic acid groups (broad SMARTS) is 2. The van der Waals surface area contributed by atoms with E-state index in [2.05, 4.69) is 96.4 Å². The summed E-state index contributed by atoms with van der Waals surface area (Å²) in [7, 11) is 0. The van der Waals surface area contributed by atoms with Gasteiger partial charge in [0, 0.05) is 36.5 Å². The molecule has 0 saturated heterocycles. The second-order valence-corrected chi connectivity index (χ2v) is 23.7. The van der Waals surface area contributed by atoms with Crippen molar-refractivity contribution in [2.75, 3.05) is 30.5 Å². The zero-order valence-electron chi connectivity index (χ0n) is 52.1. The maximum absolute atomic E-state index is 14.4. The average Bonchev–Trinajstić information content (AvgIpc) is 1.91. The van der Waals surface area contributed by atoms with Crippen molar-refractivity contribution in [2.45, 2.75) is 178 Å². The van der Waals surface area contributed by atoms with Gasteiger partial charge in [-0.15, -0.1) is 0 Å². The maximum atomic E-state index is 14.4. The van der Waals surface area contributed by atoms with E-state index in [9.17, 15) is 92.7 Å². The van der Waals surface area contributed by atoms with Gasteiger partial charge in [0.1, 0.15) is 72.2 Å². The van der Waals surface area contributed by atoms with Gasteiger partial charge in [-0.05, 0) is 68.1 Å². The first-order valence-electron chi connectivity index (χ1n) is 29.4. The van der Waals surface area contributed by atoms with E-state index < -0.39 is 212 Å². The second kappa shape index (κ2) is 41.9. The van der Waals surface area contributed by atoms with Gasteiger partial charge in [0.15, 0.2) is 0 Å². The lowest BCUT2D eigenvalue weighted by Crippen LogP contribution is -2.63. The quantitative estimate of drug-likeness (QED) is 0.0271. The van der Waals surface area contributed by atoms with E-state index >= 15 is 0 Å². The Kier molecular flexibility index (Phi) is 37.5. The normalized spacial score (nSPS) is 15.8. The summed E-state index contributed by atoms with van der Waals surface area (Å²) in [5.74, 6) is -17.6. The van der Waals surface area contributed by atoms with Crippen LogP contribution in [0.4, 0.5) is 0 Å². The van der Waals surface area contributed by atoms with Crippen molar-refractivity contribution >= 4 is 121 Å². The summed E-state index contributed by atoms with van der Waals surface area (Å²) in [6.07, 6.45) is -4.05. The van der Waals surface area contributed by atoms with E-state index in [0.29, 0.717) is 5.56 Å². The van der Waals surface area contributed by atoms with E-state index in [0.717, 1.165) is 6.92 Å². The van der Waals surface area contributed by atoms with Gasteiger partial charge in [-0.2, -0.15) is 37.9 Å². The number of aliphatic hydroxyl groups excluding tert-OH is 3. The molecule has 1 aromatic carbocycles. The molecule has 0 aliphatic heterocycles. The highest BCUT2D eigenvalue weighted by Gasteiger charge is 2.38. The number of carbonyl (C=O) groups excluding carboxylic acids is 12. The topological polar surface area (TPSA) is 545 Å². The van der Waals surface area contributed by atoms with Gasteiger partial charge in [-0.3, -0.25) is 62.3 Å². The number of aliphatic carboxylic acids is 2. The number of rotatable bonds is 43. The first kappa shape index (κ1) is 82.5. The van der Waals surface area contributed by atoms with Gasteiger partial charge >= 0.3 is 11.9 Å². The Morgan fingerprint density at radius 3 is 1.25 bits per heavy atom. The third kappa shape index (κ3) is 29.4. The number of carbonyl (C=O) groups is 14. The lowest BCUT2D eigenvalue weighted by atomic mass is 9.97. The van der Waals surface area contributed by atoms with Gasteiger partial charge in [-0.25, -0.2) is 4.79 Å². The molecule has 33 nitrogen and oxygen atoms in total. The summed E-state index contributed by atoms with van der Waals surface area (Å²) in [6, 6.07) is -13.5. The Morgan fingerprint density at radius 2 is 0.815 bits per heavy atom. The van der Waals surface area contributed by atoms with E-state index in [-0.39, 0.29) is 54.8 Å². The molecule has 12 amide bonds. The van der Waals surface area contributed by atoms with Crippen molar-refractivity contribution in [3.05, 3.63) is 29.8 Å². The molecule has 0 saturated carbocycles. The number of nitrogens with one attached hydrogen (secondary N) is 11. The van der Waals surface area contributed by atoms with E-state index in [4.69, 9.17) is 16.6 Å². The first-order valence-corrected chi connectivity index (χ1v) is 31.3. The molecule has 518 valence electrons. The van der Waals surface area contributed by atoms with Crippen molar-refractivity contribution < 1.29 is 97.8 Å². The van der Waals surface area contributed by atoms with E-state index in [1.165, 1.54) is 24.3 Å². The molecule has 1 rings (SSSR count). The summed E-state index contributed by atoms with van der Waals surface area (Å²) >= 11 is 12.2. The number of hydrogen-bond donors (Lipinski definition) is 22. The zero-order chi connectivity index (χ0) is 70.3. The Balaban J connectivity index is 3.49. The molecule has 0 heterocycles. The molecule has 92 heavy (non-hydrogen) atoms. The number of primary amides is 1. The van der Waals surface area contributed by atoms with Crippen LogP contribution in [0.25, 0.3) is 0 Å². The van der Waals surface area contributed by atoms with Gasteiger partial charge in [0.05, 0.1) is 25.4 Å². The molecular formula is C56H91N13O20S3. The molecule has 0 radical (unpaired) electrons. The molecule has 0 bridgehead atoms. The fourth-order valence-corrected chi connectivity index (χ4v) is 9.15. The number of nitrogens with two attached hydrogens (primary N) is 2. The summed E-state index contributed by atoms with van der Waals surface area (Å²) in [5.41, 5.74) is 11.4. The number of phenolic OH excluding ortho intramolecular Hbond substituents is 1. The number of aromatic hydroxyl groups is 1. The lowest BCUT2D eigenvalue weighted by molar-refractivity contribution is -0.143. The van der Waals surface area contributed by atoms with Crippen molar-refractivity contribution in [1.29, 1.82) is 0 Å². The lowest BCUT2D eigenvalue weighted by Gasteiger charge is -2.29. The third-order valence-corrected chi connectivity index (χ3v) is 15.0. The van der Waals surface area contributed by atoms with E-state index in [1.54, 1.807) is 41.5 Å². The molecule has 14 atom stereocenters. The minimum absolute atomic E-state index is 0.0696. The highest BCUT2D eigenvalue weighted by Crippen LogP contribution is 2.15. The molecular weight excluding hydrogens is 1270 g/mol. The van der Waals surface area contributed by atoms with Gasteiger partial charge in [0.2, 0.25) is 70.9 Å². The number of hydrogen-bond acceptors (Lipinski definition) is 22.